The van der Waals surface area contributed by atoms with E-state index in [2.05, 4.69) is 144 Å². The number of fused-ring (bicyclic) bond motifs is 8. The summed E-state index contributed by atoms with van der Waals surface area (Å²) in [6.45, 7) is 0. The van der Waals surface area contributed by atoms with Crippen LogP contribution in [0.25, 0.3) is 63.1 Å². The molecular formula is C40H25NOSe. The van der Waals surface area contributed by atoms with E-state index >= 15 is 0 Å². The van der Waals surface area contributed by atoms with Crippen LogP contribution in [0, 0.1) is 0 Å². The third-order valence-corrected chi connectivity index (χ3v) is 11.0. The minimum absolute atomic E-state index is 0.273. The SMILES string of the molecule is c1ccc(-c2cccc(N(c3ccc4c(c3)oc3ccccc34)c3ccc4ccc5c6ccccc6[se]c5c4c3)c2)cc1. The van der Waals surface area contributed by atoms with Crippen LogP contribution >= 0.6 is 0 Å². The Morgan fingerprint density at radius 3 is 2.02 bits per heavy atom. The van der Waals surface area contributed by atoms with Crippen LogP contribution in [0.15, 0.2) is 156 Å². The van der Waals surface area contributed by atoms with E-state index in [1.54, 1.807) is 0 Å². The van der Waals surface area contributed by atoms with Crippen molar-refractivity contribution in [3.8, 4) is 11.1 Å². The van der Waals surface area contributed by atoms with Crippen LogP contribution < -0.4 is 4.90 Å². The number of hydrogen-bond donors (Lipinski definition) is 0. The van der Waals surface area contributed by atoms with Crippen LogP contribution in [-0.4, -0.2) is 14.5 Å². The Kier molecular flexibility index (Phi) is 5.55. The monoisotopic (exact) mass is 615 g/mol. The van der Waals surface area contributed by atoms with Crippen LogP contribution in [0.4, 0.5) is 17.1 Å². The first-order valence-electron chi connectivity index (χ1n) is 14.5. The summed E-state index contributed by atoms with van der Waals surface area (Å²) in [6, 6.07) is 54.7. The molecule has 7 aromatic carbocycles. The van der Waals surface area contributed by atoms with Crippen molar-refractivity contribution >= 4 is 83.6 Å². The van der Waals surface area contributed by atoms with E-state index in [1.807, 2.05) is 12.1 Å². The molecule has 0 saturated heterocycles. The van der Waals surface area contributed by atoms with Gasteiger partial charge in [0.2, 0.25) is 0 Å². The normalized spacial score (nSPS) is 11.7. The molecule has 9 rings (SSSR count). The summed E-state index contributed by atoms with van der Waals surface area (Å²) in [6.07, 6.45) is 0. The molecule has 0 saturated carbocycles. The van der Waals surface area contributed by atoms with Crippen LogP contribution in [0.5, 0.6) is 0 Å². The Morgan fingerprint density at radius 1 is 0.419 bits per heavy atom. The van der Waals surface area contributed by atoms with Gasteiger partial charge in [0, 0.05) is 0 Å². The van der Waals surface area contributed by atoms with Crippen molar-refractivity contribution in [2.75, 3.05) is 4.90 Å². The van der Waals surface area contributed by atoms with Gasteiger partial charge in [0.05, 0.1) is 0 Å². The first-order chi connectivity index (χ1) is 21.3. The van der Waals surface area contributed by atoms with Crippen molar-refractivity contribution in [1.82, 2.24) is 0 Å². The number of benzene rings is 7. The van der Waals surface area contributed by atoms with E-state index in [4.69, 9.17) is 4.42 Å². The first kappa shape index (κ1) is 24.5. The molecule has 202 valence electrons. The van der Waals surface area contributed by atoms with E-state index in [1.165, 1.54) is 41.2 Å². The number of rotatable bonds is 4. The van der Waals surface area contributed by atoms with Crippen LogP contribution in [-0.2, 0) is 0 Å². The van der Waals surface area contributed by atoms with Crippen LogP contribution in [0.3, 0.4) is 0 Å². The molecule has 0 atom stereocenters. The predicted molar refractivity (Wildman–Crippen MR) is 183 cm³/mol. The summed E-state index contributed by atoms with van der Waals surface area (Å²) < 4.78 is 9.29. The molecule has 0 bridgehead atoms. The summed E-state index contributed by atoms with van der Waals surface area (Å²) in [5.41, 5.74) is 7.50. The van der Waals surface area contributed by atoms with Crippen molar-refractivity contribution in [2.24, 2.45) is 0 Å². The van der Waals surface area contributed by atoms with Crippen LogP contribution in [0.1, 0.15) is 0 Å². The van der Waals surface area contributed by atoms with E-state index in [0.29, 0.717) is 0 Å². The van der Waals surface area contributed by atoms with Crippen molar-refractivity contribution in [3.05, 3.63) is 152 Å². The maximum absolute atomic E-state index is 6.35. The molecule has 0 N–H and O–H groups in total. The standard InChI is InChI=1S/C40H25NOSe/c1-2-9-26(10-3-1)28-11-8-12-29(23-28)41(31-20-22-33-32-13-4-6-15-37(32)42-38(33)25-31)30-19-17-27-18-21-35-34-14-5-7-16-39(34)43-40(35)36(27)24-30/h1-25H. The number of nitrogens with zero attached hydrogens (tertiary/aromatic N) is 1. The van der Waals surface area contributed by atoms with Gasteiger partial charge in [-0.15, -0.1) is 0 Å². The fourth-order valence-electron chi connectivity index (χ4n) is 6.39. The summed E-state index contributed by atoms with van der Waals surface area (Å²) in [7, 11) is 0. The summed E-state index contributed by atoms with van der Waals surface area (Å²) in [4.78, 5) is 2.37. The molecular weight excluding hydrogens is 589 g/mol. The van der Waals surface area contributed by atoms with E-state index in [-0.39, 0.29) is 14.5 Å². The first-order valence-corrected chi connectivity index (χ1v) is 16.2. The van der Waals surface area contributed by atoms with E-state index in [0.717, 1.165) is 39.0 Å². The Labute approximate surface area is 254 Å². The summed E-state index contributed by atoms with van der Waals surface area (Å²) in [5, 5.41) is 7.65. The molecule has 0 amide bonds. The van der Waals surface area contributed by atoms with Crippen molar-refractivity contribution in [2.45, 2.75) is 0 Å². The van der Waals surface area contributed by atoms with Crippen LogP contribution in [0.2, 0.25) is 0 Å². The molecule has 0 aliphatic heterocycles. The molecule has 9 aromatic rings. The number of anilines is 3. The molecule has 3 heteroatoms. The Hall–Kier alpha value is -5.08. The average molecular weight is 615 g/mol. The summed E-state index contributed by atoms with van der Waals surface area (Å²) >= 11 is 0.273. The second-order valence-corrected chi connectivity index (χ2v) is 13.2. The van der Waals surface area contributed by atoms with Crippen molar-refractivity contribution < 1.29 is 4.42 Å². The van der Waals surface area contributed by atoms with Gasteiger partial charge >= 0.3 is 256 Å². The van der Waals surface area contributed by atoms with Gasteiger partial charge in [0.1, 0.15) is 0 Å². The minimum atomic E-state index is 0.273. The molecule has 43 heavy (non-hydrogen) atoms. The van der Waals surface area contributed by atoms with Gasteiger partial charge in [0.15, 0.2) is 0 Å². The van der Waals surface area contributed by atoms with Gasteiger partial charge < -0.3 is 0 Å². The molecule has 0 unspecified atom stereocenters. The molecule has 2 aromatic heterocycles. The quantitative estimate of drug-likeness (QED) is 0.183. The molecule has 2 nitrogen and oxygen atoms in total. The van der Waals surface area contributed by atoms with Gasteiger partial charge in [-0.3, -0.25) is 0 Å². The molecule has 0 fully saturated rings. The summed E-state index contributed by atoms with van der Waals surface area (Å²) in [5.74, 6) is 0. The second-order valence-electron chi connectivity index (χ2n) is 11.0. The number of para-hydroxylation sites is 1. The Morgan fingerprint density at radius 2 is 1.09 bits per heavy atom. The zero-order valence-electron chi connectivity index (χ0n) is 23.2. The average Bonchev–Trinajstić information content (AvgIpc) is 3.64. The molecule has 0 radical (unpaired) electrons. The fraction of sp³-hybridized carbons (Fsp3) is 0. The van der Waals surface area contributed by atoms with Gasteiger partial charge in [-0.25, -0.2) is 0 Å². The van der Waals surface area contributed by atoms with Crippen molar-refractivity contribution in [1.29, 1.82) is 0 Å². The number of furan rings is 1. The molecule has 0 aliphatic rings. The predicted octanol–water partition coefficient (Wildman–Crippen LogP) is 11.2. The van der Waals surface area contributed by atoms with E-state index in [9.17, 15) is 0 Å². The zero-order valence-corrected chi connectivity index (χ0v) is 24.9. The zero-order chi connectivity index (χ0) is 28.3. The molecule has 2 heterocycles. The Balaban J connectivity index is 1.29. The van der Waals surface area contributed by atoms with Gasteiger partial charge in [0.25, 0.3) is 0 Å². The third-order valence-electron chi connectivity index (χ3n) is 8.44. The molecule has 0 spiro atoms. The fourth-order valence-corrected chi connectivity index (χ4v) is 8.96. The maximum atomic E-state index is 6.35. The van der Waals surface area contributed by atoms with Gasteiger partial charge in [-0.2, -0.15) is 0 Å². The van der Waals surface area contributed by atoms with E-state index < -0.39 is 0 Å². The van der Waals surface area contributed by atoms with Gasteiger partial charge in [-0.1, -0.05) is 0 Å². The molecule has 0 aliphatic carbocycles. The van der Waals surface area contributed by atoms with Gasteiger partial charge in [-0.05, 0) is 0 Å². The second kappa shape index (κ2) is 9.74. The number of hydrogen-bond acceptors (Lipinski definition) is 2. The van der Waals surface area contributed by atoms with Crippen molar-refractivity contribution in [3.63, 3.8) is 0 Å². The topological polar surface area (TPSA) is 16.4 Å². The third kappa shape index (κ3) is 4.01. The Bertz CT molecular complexity index is 2470.